The fourth-order valence-electron chi connectivity index (χ4n) is 1.67. The van der Waals surface area contributed by atoms with Crippen LogP contribution < -0.4 is 5.32 Å². The second kappa shape index (κ2) is 5.85. The van der Waals surface area contributed by atoms with Gasteiger partial charge in [0.15, 0.2) is 0 Å². The van der Waals surface area contributed by atoms with Gasteiger partial charge in [-0.05, 0) is 18.2 Å². The number of benzene rings is 2. The molecule has 2 aromatic carbocycles. The average molecular weight is 266 g/mol. The van der Waals surface area contributed by atoms with E-state index in [1.54, 1.807) is 42.5 Å². The van der Waals surface area contributed by atoms with Gasteiger partial charge >= 0.3 is 0 Å². The van der Waals surface area contributed by atoms with Crippen molar-refractivity contribution < 1.29 is 9.50 Å². The molecule has 0 aliphatic heterocycles. The molecule has 4 heteroatoms. The fourth-order valence-corrected chi connectivity index (χ4v) is 1.93. The van der Waals surface area contributed by atoms with Gasteiger partial charge in [0.25, 0.3) is 0 Å². The van der Waals surface area contributed by atoms with Gasteiger partial charge in [0.05, 0.1) is 11.8 Å². The zero-order valence-corrected chi connectivity index (χ0v) is 10.4. The zero-order valence-electron chi connectivity index (χ0n) is 9.61. The van der Waals surface area contributed by atoms with Crippen molar-refractivity contribution in [2.75, 3.05) is 11.9 Å². The van der Waals surface area contributed by atoms with Gasteiger partial charge < -0.3 is 10.4 Å². The summed E-state index contributed by atoms with van der Waals surface area (Å²) in [6.45, 7) is 0.199. The summed E-state index contributed by atoms with van der Waals surface area (Å²) in [6.07, 6.45) is -0.779. The topological polar surface area (TPSA) is 32.3 Å². The summed E-state index contributed by atoms with van der Waals surface area (Å²) < 4.78 is 13.4. The van der Waals surface area contributed by atoms with Gasteiger partial charge in [0.1, 0.15) is 5.82 Å². The van der Waals surface area contributed by atoms with Crippen molar-refractivity contribution >= 4 is 17.3 Å². The summed E-state index contributed by atoms with van der Waals surface area (Å²) in [5.41, 5.74) is 0.992. The molecule has 2 aromatic rings. The molecule has 0 radical (unpaired) electrons. The van der Waals surface area contributed by atoms with Crippen LogP contribution in [0.3, 0.4) is 0 Å². The first-order valence-electron chi connectivity index (χ1n) is 5.59. The van der Waals surface area contributed by atoms with E-state index in [4.69, 9.17) is 11.6 Å². The lowest BCUT2D eigenvalue weighted by Gasteiger charge is -2.14. The molecule has 2 rings (SSSR count). The van der Waals surface area contributed by atoms with E-state index in [9.17, 15) is 9.50 Å². The Morgan fingerprint density at radius 3 is 2.50 bits per heavy atom. The van der Waals surface area contributed by atoms with Crippen LogP contribution in [0.4, 0.5) is 10.1 Å². The second-order valence-electron chi connectivity index (χ2n) is 3.90. The van der Waals surface area contributed by atoms with Gasteiger partial charge in [-0.3, -0.25) is 0 Å². The third kappa shape index (κ3) is 3.00. The van der Waals surface area contributed by atoms with Crippen LogP contribution in [0.15, 0.2) is 48.5 Å². The molecule has 0 fully saturated rings. The minimum Gasteiger partial charge on any atom is -0.387 e. The second-order valence-corrected chi connectivity index (χ2v) is 4.31. The molecule has 0 aliphatic carbocycles. The van der Waals surface area contributed by atoms with E-state index >= 15 is 0 Å². The molecule has 0 amide bonds. The van der Waals surface area contributed by atoms with Gasteiger partial charge in [0, 0.05) is 17.1 Å². The van der Waals surface area contributed by atoms with Crippen LogP contribution >= 0.6 is 11.6 Å². The number of aliphatic hydroxyl groups excluding tert-OH is 1. The molecule has 0 aromatic heterocycles. The molecule has 0 saturated heterocycles. The summed E-state index contributed by atoms with van der Waals surface area (Å²) in [5, 5.41) is 13.3. The standard InChI is InChI=1S/C14H13ClFNO/c15-11-6-2-1-5-10(11)14(18)9-17-13-8-4-3-7-12(13)16/h1-8,14,17-18H,9H2. The van der Waals surface area contributed by atoms with Crippen LogP contribution in [0.2, 0.25) is 5.02 Å². The summed E-state index contributed by atoms with van der Waals surface area (Å²) >= 11 is 5.97. The van der Waals surface area contributed by atoms with Crippen molar-refractivity contribution in [3.05, 3.63) is 64.9 Å². The highest BCUT2D eigenvalue weighted by Crippen LogP contribution is 2.23. The molecule has 1 unspecified atom stereocenters. The van der Waals surface area contributed by atoms with E-state index in [0.29, 0.717) is 16.3 Å². The van der Waals surface area contributed by atoms with Crippen molar-refractivity contribution in [1.29, 1.82) is 0 Å². The van der Waals surface area contributed by atoms with Crippen molar-refractivity contribution in [2.45, 2.75) is 6.10 Å². The smallest absolute Gasteiger partial charge is 0.146 e. The van der Waals surface area contributed by atoms with Crippen LogP contribution in [0.5, 0.6) is 0 Å². The Balaban J connectivity index is 2.03. The molecule has 2 N–H and O–H groups in total. The molecular formula is C14H13ClFNO. The number of rotatable bonds is 4. The first kappa shape index (κ1) is 12.9. The van der Waals surface area contributed by atoms with Crippen LogP contribution in [-0.2, 0) is 0 Å². The Morgan fingerprint density at radius 2 is 1.78 bits per heavy atom. The van der Waals surface area contributed by atoms with Crippen molar-refractivity contribution in [1.82, 2.24) is 0 Å². The maximum absolute atomic E-state index is 13.4. The van der Waals surface area contributed by atoms with Crippen LogP contribution in [-0.4, -0.2) is 11.7 Å². The third-order valence-corrected chi connectivity index (χ3v) is 2.97. The fraction of sp³-hybridized carbons (Fsp3) is 0.143. The molecule has 2 nitrogen and oxygen atoms in total. The lowest BCUT2D eigenvalue weighted by molar-refractivity contribution is 0.191. The van der Waals surface area contributed by atoms with Crippen LogP contribution in [0.1, 0.15) is 11.7 Å². The Morgan fingerprint density at radius 1 is 1.11 bits per heavy atom. The van der Waals surface area contributed by atoms with Gasteiger partial charge in [-0.1, -0.05) is 41.9 Å². The quantitative estimate of drug-likeness (QED) is 0.885. The van der Waals surface area contributed by atoms with Crippen LogP contribution in [0, 0.1) is 5.82 Å². The highest BCUT2D eigenvalue weighted by Gasteiger charge is 2.11. The molecule has 0 saturated carbocycles. The van der Waals surface area contributed by atoms with E-state index in [-0.39, 0.29) is 12.4 Å². The van der Waals surface area contributed by atoms with Gasteiger partial charge in [-0.15, -0.1) is 0 Å². The lowest BCUT2D eigenvalue weighted by atomic mass is 10.1. The predicted molar refractivity (Wildman–Crippen MR) is 71.3 cm³/mol. The SMILES string of the molecule is OC(CNc1ccccc1F)c1ccccc1Cl. The minimum atomic E-state index is -0.779. The summed E-state index contributed by atoms with van der Waals surface area (Å²) in [6, 6.07) is 13.4. The molecule has 0 aliphatic rings. The Kier molecular flexibility index (Phi) is 4.18. The number of para-hydroxylation sites is 1. The first-order chi connectivity index (χ1) is 8.68. The van der Waals surface area contributed by atoms with Crippen molar-refractivity contribution in [2.24, 2.45) is 0 Å². The lowest BCUT2D eigenvalue weighted by Crippen LogP contribution is -2.13. The first-order valence-corrected chi connectivity index (χ1v) is 5.97. The Labute approximate surface area is 110 Å². The maximum Gasteiger partial charge on any atom is 0.146 e. The number of aliphatic hydroxyl groups is 1. The number of halogens is 2. The Bertz CT molecular complexity index is 533. The van der Waals surface area contributed by atoms with Gasteiger partial charge in [-0.25, -0.2) is 4.39 Å². The molecule has 1 atom stereocenters. The maximum atomic E-state index is 13.4. The summed E-state index contributed by atoms with van der Waals surface area (Å²) in [4.78, 5) is 0. The van der Waals surface area contributed by atoms with E-state index in [1.807, 2.05) is 0 Å². The molecular weight excluding hydrogens is 253 g/mol. The van der Waals surface area contributed by atoms with Gasteiger partial charge in [0.2, 0.25) is 0 Å². The molecule has 94 valence electrons. The van der Waals surface area contributed by atoms with Crippen molar-refractivity contribution in [3.63, 3.8) is 0 Å². The molecule has 0 bridgehead atoms. The zero-order chi connectivity index (χ0) is 13.0. The summed E-state index contributed by atoms with van der Waals surface area (Å²) in [5.74, 6) is -0.344. The minimum absolute atomic E-state index is 0.199. The van der Waals surface area contributed by atoms with Crippen molar-refractivity contribution in [3.8, 4) is 0 Å². The van der Waals surface area contributed by atoms with E-state index in [2.05, 4.69) is 5.32 Å². The monoisotopic (exact) mass is 265 g/mol. The number of nitrogens with one attached hydrogen (secondary N) is 1. The normalized spacial score (nSPS) is 12.2. The average Bonchev–Trinajstić information content (AvgIpc) is 2.38. The molecule has 0 heterocycles. The van der Waals surface area contributed by atoms with E-state index in [1.165, 1.54) is 6.07 Å². The van der Waals surface area contributed by atoms with Gasteiger partial charge in [-0.2, -0.15) is 0 Å². The number of hydrogen-bond donors (Lipinski definition) is 2. The Hall–Kier alpha value is -1.58. The highest BCUT2D eigenvalue weighted by molar-refractivity contribution is 6.31. The largest absolute Gasteiger partial charge is 0.387 e. The number of anilines is 1. The van der Waals surface area contributed by atoms with E-state index in [0.717, 1.165) is 0 Å². The molecule has 0 spiro atoms. The molecule has 18 heavy (non-hydrogen) atoms. The third-order valence-electron chi connectivity index (χ3n) is 2.62. The predicted octanol–water partition coefficient (Wildman–Crippen LogP) is 3.62. The highest BCUT2D eigenvalue weighted by atomic mass is 35.5. The van der Waals surface area contributed by atoms with Crippen LogP contribution in [0.25, 0.3) is 0 Å². The van der Waals surface area contributed by atoms with E-state index < -0.39 is 6.10 Å². The number of hydrogen-bond acceptors (Lipinski definition) is 2. The summed E-state index contributed by atoms with van der Waals surface area (Å²) in [7, 11) is 0.